The highest BCUT2D eigenvalue weighted by Gasteiger charge is 2.11. The Balaban J connectivity index is 2.03. The number of nitriles is 1. The van der Waals surface area contributed by atoms with Crippen molar-refractivity contribution in [3.05, 3.63) is 34.9 Å². The molecule has 0 bridgehead atoms. The number of halogens is 1. The van der Waals surface area contributed by atoms with Crippen LogP contribution in [0.3, 0.4) is 0 Å². The van der Waals surface area contributed by atoms with Gasteiger partial charge in [0.05, 0.1) is 22.8 Å². The van der Waals surface area contributed by atoms with Crippen molar-refractivity contribution in [3.8, 4) is 6.07 Å². The fraction of sp³-hybridized carbons (Fsp3) is 0.375. The van der Waals surface area contributed by atoms with Gasteiger partial charge in [-0.25, -0.2) is 4.98 Å². The van der Waals surface area contributed by atoms with E-state index in [-0.39, 0.29) is 0 Å². The van der Waals surface area contributed by atoms with Crippen LogP contribution in [-0.4, -0.2) is 33.7 Å². The summed E-state index contributed by atoms with van der Waals surface area (Å²) in [5.41, 5.74) is 0.647. The van der Waals surface area contributed by atoms with Crippen LogP contribution in [0.25, 0.3) is 10.9 Å². The van der Waals surface area contributed by atoms with Gasteiger partial charge < -0.3 is 10.4 Å². The number of anilines is 1. The fourth-order valence-corrected chi connectivity index (χ4v) is 3.02. The molecule has 0 saturated heterocycles. The lowest BCUT2D eigenvalue weighted by molar-refractivity contribution is 0.107. The molecule has 1 heterocycles. The first kappa shape index (κ1) is 16.9. The molecule has 0 aliphatic carbocycles. The van der Waals surface area contributed by atoms with E-state index in [1.165, 1.54) is 0 Å². The molecule has 0 fully saturated rings. The quantitative estimate of drug-likeness (QED) is 0.788. The average molecular weight is 336 g/mol. The lowest BCUT2D eigenvalue weighted by atomic mass is 10.1. The van der Waals surface area contributed by atoms with Crippen LogP contribution in [0.2, 0.25) is 5.02 Å². The number of nitrogens with one attached hydrogen (secondary N) is 1. The minimum Gasteiger partial charge on any atom is -0.390 e. The van der Waals surface area contributed by atoms with E-state index in [4.69, 9.17) is 11.6 Å². The van der Waals surface area contributed by atoms with Crippen LogP contribution >= 0.6 is 23.4 Å². The van der Waals surface area contributed by atoms with Crippen LogP contribution in [0.4, 0.5) is 5.82 Å². The van der Waals surface area contributed by atoms with Gasteiger partial charge in [-0.1, -0.05) is 11.6 Å². The third kappa shape index (κ3) is 4.77. The number of rotatable bonds is 6. The van der Waals surface area contributed by atoms with Crippen molar-refractivity contribution in [3.63, 3.8) is 0 Å². The Morgan fingerprint density at radius 1 is 1.41 bits per heavy atom. The Labute approximate surface area is 139 Å². The van der Waals surface area contributed by atoms with Crippen LogP contribution < -0.4 is 5.32 Å². The molecular weight excluding hydrogens is 318 g/mol. The maximum absolute atomic E-state index is 9.64. The number of hydrogen-bond donors (Lipinski definition) is 2. The minimum absolute atomic E-state index is 0.555. The zero-order chi connectivity index (χ0) is 16.2. The van der Waals surface area contributed by atoms with E-state index in [1.54, 1.807) is 43.8 Å². The summed E-state index contributed by atoms with van der Waals surface area (Å²) in [5.74, 6) is 2.21. The normalized spacial score (nSPS) is 11.4. The maximum atomic E-state index is 9.64. The number of nitrogens with zero attached hydrogens (tertiary/aromatic N) is 2. The van der Waals surface area contributed by atoms with Gasteiger partial charge in [0.2, 0.25) is 0 Å². The topological polar surface area (TPSA) is 68.9 Å². The number of hydrogen-bond acceptors (Lipinski definition) is 5. The van der Waals surface area contributed by atoms with Crippen molar-refractivity contribution >= 4 is 40.1 Å². The lowest BCUT2D eigenvalue weighted by Gasteiger charge is -2.16. The Hall–Kier alpha value is -1.48. The maximum Gasteiger partial charge on any atom is 0.128 e. The number of fused-ring (bicyclic) bond motifs is 1. The highest BCUT2D eigenvalue weighted by molar-refractivity contribution is 7.99. The number of aliphatic hydroxyl groups is 1. The number of thioether (sulfide) groups is 1. The van der Waals surface area contributed by atoms with Crippen molar-refractivity contribution in [2.45, 2.75) is 19.4 Å². The van der Waals surface area contributed by atoms with E-state index >= 15 is 0 Å². The molecule has 2 aromatic rings. The molecule has 0 radical (unpaired) electrons. The fourth-order valence-electron chi connectivity index (χ4n) is 1.95. The van der Waals surface area contributed by atoms with Crippen molar-refractivity contribution in [2.24, 2.45) is 0 Å². The van der Waals surface area contributed by atoms with Gasteiger partial charge in [-0.15, -0.1) is 0 Å². The van der Waals surface area contributed by atoms with Gasteiger partial charge in [0.25, 0.3) is 0 Å². The summed E-state index contributed by atoms with van der Waals surface area (Å²) in [7, 11) is 0. The van der Waals surface area contributed by atoms with E-state index in [1.807, 2.05) is 6.07 Å². The molecule has 2 N–H and O–H groups in total. The van der Waals surface area contributed by atoms with E-state index in [2.05, 4.69) is 16.4 Å². The van der Waals surface area contributed by atoms with Gasteiger partial charge in [0, 0.05) is 28.5 Å². The van der Waals surface area contributed by atoms with Crippen LogP contribution in [0.15, 0.2) is 24.3 Å². The van der Waals surface area contributed by atoms with Gasteiger partial charge in [-0.2, -0.15) is 17.0 Å². The molecule has 0 saturated carbocycles. The third-order valence-electron chi connectivity index (χ3n) is 2.90. The molecular formula is C16H18ClN3OS. The van der Waals surface area contributed by atoms with E-state index < -0.39 is 5.60 Å². The van der Waals surface area contributed by atoms with Crippen LogP contribution in [0.1, 0.15) is 19.4 Å². The molecule has 1 aromatic heterocycles. The highest BCUT2D eigenvalue weighted by Crippen LogP contribution is 2.23. The SMILES string of the molecule is CC(C)(O)CSCCNc1cc(C#N)c2cc(Cl)ccc2n1. The monoisotopic (exact) mass is 335 g/mol. The first-order valence-electron chi connectivity index (χ1n) is 6.93. The molecule has 116 valence electrons. The number of aromatic nitrogens is 1. The van der Waals surface area contributed by atoms with E-state index in [9.17, 15) is 10.4 Å². The second-order valence-corrected chi connectivity index (χ2v) is 7.16. The van der Waals surface area contributed by atoms with Crippen LogP contribution in [-0.2, 0) is 0 Å². The Bertz CT molecular complexity index is 707. The Kier molecular flexibility index (Phi) is 5.52. The summed E-state index contributed by atoms with van der Waals surface area (Å²) in [6.45, 7) is 4.31. The smallest absolute Gasteiger partial charge is 0.128 e. The predicted octanol–water partition coefficient (Wildman–Crippen LogP) is 3.68. The van der Waals surface area contributed by atoms with Crippen molar-refractivity contribution in [2.75, 3.05) is 23.4 Å². The summed E-state index contributed by atoms with van der Waals surface area (Å²) in [6, 6.07) is 9.25. The average Bonchev–Trinajstić information content (AvgIpc) is 2.45. The largest absolute Gasteiger partial charge is 0.390 e. The summed E-state index contributed by atoms with van der Waals surface area (Å²) in [6.07, 6.45) is 0. The van der Waals surface area contributed by atoms with Gasteiger partial charge in [-0.05, 0) is 38.1 Å². The van der Waals surface area contributed by atoms with Crippen LogP contribution in [0.5, 0.6) is 0 Å². The summed E-state index contributed by atoms with van der Waals surface area (Å²) in [5, 5.41) is 23.5. The standard InChI is InChI=1S/C16H18ClN3OS/c1-16(2,21)10-22-6-5-19-15-7-11(9-18)13-8-12(17)3-4-14(13)20-15/h3-4,7-8,21H,5-6,10H2,1-2H3,(H,19,20). The highest BCUT2D eigenvalue weighted by atomic mass is 35.5. The second-order valence-electron chi connectivity index (χ2n) is 5.62. The molecule has 0 unspecified atom stereocenters. The van der Waals surface area contributed by atoms with Gasteiger partial charge in [0.1, 0.15) is 5.82 Å². The van der Waals surface area contributed by atoms with Crippen molar-refractivity contribution < 1.29 is 5.11 Å². The number of pyridine rings is 1. The Morgan fingerprint density at radius 3 is 2.86 bits per heavy atom. The Morgan fingerprint density at radius 2 is 2.18 bits per heavy atom. The summed E-state index contributed by atoms with van der Waals surface area (Å²) in [4.78, 5) is 4.49. The van der Waals surface area contributed by atoms with Gasteiger partial charge in [-0.3, -0.25) is 0 Å². The van der Waals surface area contributed by atoms with E-state index in [0.29, 0.717) is 22.2 Å². The first-order valence-corrected chi connectivity index (χ1v) is 8.47. The second kappa shape index (κ2) is 7.19. The zero-order valence-electron chi connectivity index (χ0n) is 12.6. The predicted molar refractivity (Wildman–Crippen MR) is 93.6 cm³/mol. The lowest BCUT2D eigenvalue weighted by Crippen LogP contribution is -2.22. The number of benzene rings is 1. The molecule has 0 aliphatic heterocycles. The molecule has 0 atom stereocenters. The minimum atomic E-state index is -0.654. The molecule has 1 aromatic carbocycles. The molecule has 22 heavy (non-hydrogen) atoms. The molecule has 0 amide bonds. The van der Waals surface area contributed by atoms with Gasteiger partial charge >= 0.3 is 0 Å². The van der Waals surface area contributed by atoms with Crippen LogP contribution in [0, 0.1) is 11.3 Å². The molecule has 6 heteroatoms. The van der Waals surface area contributed by atoms with E-state index in [0.717, 1.165) is 23.2 Å². The zero-order valence-corrected chi connectivity index (χ0v) is 14.1. The molecule has 2 rings (SSSR count). The summed E-state index contributed by atoms with van der Waals surface area (Å²) >= 11 is 7.64. The van der Waals surface area contributed by atoms with Crippen molar-refractivity contribution in [1.29, 1.82) is 5.26 Å². The summed E-state index contributed by atoms with van der Waals surface area (Å²) < 4.78 is 0. The van der Waals surface area contributed by atoms with Crippen molar-refractivity contribution in [1.82, 2.24) is 4.98 Å². The van der Waals surface area contributed by atoms with Gasteiger partial charge in [0.15, 0.2) is 0 Å². The molecule has 0 aliphatic rings. The molecule has 0 spiro atoms. The first-order chi connectivity index (χ1) is 10.4. The molecule has 4 nitrogen and oxygen atoms in total. The third-order valence-corrected chi connectivity index (χ3v) is 4.54.